The summed E-state index contributed by atoms with van der Waals surface area (Å²) in [4.78, 5) is 30.8. The first-order valence-corrected chi connectivity index (χ1v) is 11.2. The summed E-state index contributed by atoms with van der Waals surface area (Å²) >= 11 is 0. The van der Waals surface area contributed by atoms with E-state index >= 15 is 0 Å². The molecule has 1 aromatic rings. The molecule has 1 atom stereocenters. The molecule has 1 fully saturated rings. The zero-order chi connectivity index (χ0) is 23.7. The Kier molecular flexibility index (Phi) is 9.16. The molecule has 1 aliphatic heterocycles. The quantitative estimate of drug-likeness (QED) is 0.396. The van der Waals surface area contributed by atoms with Crippen molar-refractivity contribution >= 4 is 23.8 Å². The van der Waals surface area contributed by atoms with Crippen LogP contribution in [0.1, 0.15) is 53.5 Å². The zero-order valence-electron chi connectivity index (χ0n) is 20.1. The van der Waals surface area contributed by atoms with Crippen LogP contribution in [0, 0.1) is 0 Å². The summed E-state index contributed by atoms with van der Waals surface area (Å²) in [6, 6.07) is 7.53. The number of aliphatic imine (C=N–C) groups is 1. The lowest BCUT2D eigenvalue weighted by atomic mass is 10.2. The smallest absolute Gasteiger partial charge is 0.407 e. The van der Waals surface area contributed by atoms with Crippen molar-refractivity contribution in [3.63, 3.8) is 0 Å². The second kappa shape index (κ2) is 11.6. The first-order valence-electron chi connectivity index (χ1n) is 11.2. The van der Waals surface area contributed by atoms with Crippen molar-refractivity contribution in [2.24, 2.45) is 4.99 Å². The molecule has 0 spiro atoms. The molecule has 1 saturated heterocycles. The number of likely N-dealkylation sites (tertiary alicyclic amines) is 1. The van der Waals surface area contributed by atoms with Crippen molar-refractivity contribution < 1.29 is 14.3 Å². The molecule has 1 aromatic carbocycles. The molecule has 9 nitrogen and oxygen atoms in total. The van der Waals surface area contributed by atoms with Gasteiger partial charge in [0.05, 0.1) is 12.6 Å². The van der Waals surface area contributed by atoms with Crippen LogP contribution in [0.25, 0.3) is 0 Å². The molecule has 2 rings (SSSR count). The highest BCUT2D eigenvalue weighted by Gasteiger charge is 2.27. The maximum Gasteiger partial charge on any atom is 0.407 e. The molecule has 178 valence electrons. The van der Waals surface area contributed by atoms with Gasteiger partial charge in [-0.1, -0.05) is 12.1 Å². The third kappa shape index (κ3) is 9.03. The van der Waals surface area contributed by atoms with Gasteiger partial charge in [0, 0.05) is 31.4 Å². The van der Waals surface area contributed by atoms with E-state index in [2.05, 4.69) is 26.2 Å². The largest absolute Gasteiger partial charge is 0.444 e. The van der Waals surface area contributed by atoms with Gasteiger partial charge in [0.1, 0.15) is 5.60 Å². The number of ether oxygens (including phenoxy) is 1. The van der Waals surface area contributed by atoms with E-state index in [0.717, 1.165) is 36.7 Å². The summed E-state index contributed by atoms with van der Waals surface area (Å²) in [5, 5.41) is 11.9. The summed E-state index contributed by atoms with van der Waals surface area (Å²) < 4.78 is 5.36. The number of guanidine groups is 1. The fraction of sp³-hybridized carbons (Fsp3) is 0.609. The van der Waals surface area contributed by atoms with Crippen molar-refractivity contribution in [2.45, 2.75) is 72.2 Å². The van der Waals surface area contributed by atoms with Gasteiger partial charge in [-0.05, 0) is 65.7 Å². The van der Waals surface area contributed by atoms with Crippen LogP contribution in [0.4, 0.5) is 15.3 Å². The molecule has 0 saturated carbocycles. The minimum atomic E-state index is -0.512. The minimum absolute atomic E-state index is 0.0241. The molecule has 9 heteroatoms. The van der Waals surface area contributed by atoms with Crippen molar-refractivity contribution in [3.8, 4) is 0 Å². The number of alkyl carbamates (subject to hydrolysis) is 1. The lowest BCUT2D eigenvalue weighted by molar-refractivity contribution is 0.0507. The molecular weight excluding hydrogens is 408 g/mol. The average molecular weight is 447 g/mol. The summed E-state index contributed by atoms with van der Waals surface area (Å²) in [5.41, 5.74) is 1.26. The number of nitrogens with zero attached hydrogens (tertiary/aromatic N) is 2. The molecule has 0 bridgehead atoms. The maximum atomic E-state index is 12.0. The van der Waals surface area contributed by atoms with Crippen LogP contribution in [0.2, 0.25) is 0 Å². The minimum Gasteiger partial charge on any atom is -0.444 e. The van der Waals surface area contributed by atoms with Crippen LogP contribution in [-0.4, -0.2) is 60.3 Å². The third-order valence-corrected chi connectivity index (χ3v) is 4.59. The Labute approximate surface area is 191 Å². The van der Waals surface area contributed by atoms with Crippen molar-refractivity contribution in [1.29, 1.82) is 0 Å². The Balaban J connectivity index is 1.91. The van der Waals surface area contributed by atoms with Gasteiger partial charge in [-0.25, -0.2) is 14.6 Å². The predicted molar refractivity (Wildman–Crippen MR) is 128 cm³/mol. The van der Waals surface area contributed by atoms with Crippen LogP contribution >= 0.6 is 0 Å². The number of amides is 3. The Morgan fingerprint density at radius 1 is 1.22 bits per heavy atom. The number of carbonyl (C=O) groups is 2. The Bertz CT molecular complexity index is 786. The molecule has 0 radical (unpaired) electrons. The van der Waals surface area contributed by atoms with Crippen LogP contribution in [0.5, 0.6) is 0 Å². The van der Waals surface area contributed by atoms with E-state index in [0.29, 0.717) is 13.1 Å². The lowest BCUT2D eigenvalue weighted by Gasteiger charge is -2.23. The average Bonchev–Trinajstić information content (AvgIpc) is 3.12. The first-order chi connectivity index (χ1) is 15.1. The number of rotatable bonds is 6. The van der Waals surface area contributed by atoms with Crippen molar-refractivity contribution in [3.05, 3.63) is 29.8 Å². The van der Waals surface area contributed by atoms with Gasteiger partial charge in [-0.2, -0.15) is 0 Å². The first kappa shape index (κ1) is 25.3. The highest BCUT2D eigenvalue weighted by atomic mass is 16.6. The standard InChI is InChI=1S/C23H38N6O3/c1-7-24-20(29-13-12-19(15-29)28-22(31)32-23(4,5)6)25-14-17-8-10-18(11-9-17)27-21(30)26-16(2)3/h8-11,16,19H,7,12-15H2,1-6H3,(H,24,25)(H,28,31)(H2,26,27,30). The maximum absolute atomic E-state index is 12.0. The van der Waals surface area contributed by atoms with E-state index in [9.17, 15) is 9.59 Å². The summed E-state index contributed by atoms with van der Waals surface area (Å²) in [5.74, 6) is 0.819. The SMILES string of the molecule is CCNC(=NCc1ccc(NC(=O)NC(C)C)cc1)N1CCC(NC(=O)OC(C)(C)C)C1. The number of benzene rings is 1. The van der Waals surface area contributed by atoms with Gasteiger partial charge < -0.3 is 30.9 Å². The number of urea groups is 1. The van der Waals surface area contributed by atoms with Gasteiger partial charge in [0.15, 0.2) is 5.96 Å². The molecule has 1 heterocycles. The van der Waals surface area contributed by atoms with Crippen LogP contribution in [0.3, 0.4) is 0 Å². The lowest BCUT2D eigenvalue weighted by Crippen LogP contribution is -2.44. The molecule has 32 heavy (non-hydrogen) atoms. The van der Waals surface area contributed by atoms with Gasteiger partial charge in [0.25, 0.3) is 0 Å². The number of hydrogen-bond donors (Lipinski definition) is 4. The van der Waals surface area contributed by atoms with Gasteiger partial charge in [-0.3, -0.25) is 0 Å². The summed E-state index contributed by atoms with van der Waals surface area (Å²) in [6.07, 6.45) is 0.449. The summed E-state index contributed by atoms with van der Waals surface area (Å²) in [7, 11) is 0. The second-order valence-electron chi connectivity index (χ2n) is 9.20. The molecule has 1 aliphatic rings. The number of carbonyl (C=O) groups excluding carboxylic acids is 2. The molecule has 1 unspecified atom stereocenters. The van der Waals surface area contributed by atoms with Gasteiger partial charge in [0.2, 0.25) is 0 Å². The van der Waals surface area contributed by atoms with E-state index in [-0.39, 0.29) is 24.2 Å². The third-order valence-electron chi connectivity index (χ3n) is 4.59. The Morgan fingerprint density at radius 2 is 1.91 bits per heavy atom. The van der Waals surface area contributed by atoms with E-state index in [1.54, 1.807) is 0 Å². The van der Waals surface area contributed by atoms with Gasteiger partial charge in [-0.15, -0.1) is 0 Å². The molecule has 4 N–H and O–H groups in total. The number of hydrogen-bond acceptors (Lipinski definition) is 4. The fourth-order valence-corrected chi connectivity index (χ4v) is 3.26. The summed E-state index contributed by atoms with van der Waals surface area (Å²) in [6.45, 7) is 14.2. The highest BCUT2D eigenvalue weighted by molar-refractivity contribution is 5.89. The van der Waals surface area contributed by atoms with Crippen LogP contribution in [0.15, 0.2) is 29.3 Å². The molecule has 0 aliphatic carbocycles. The van der Waals surface area contributed by atoms with E-state index in [4.69, 9.17) is 9.73 Å². The monoisotopic (exact) mass is 446 g/mol. The second-order valence-corrected chi connectivity index (χ2v) is 9.20. The number of anilines is 1. The fourth-order valence-electron chi connectivity index (χ4n) is 3.26. The zero-order valence-corrected chi connectivity index (χ0v) is 20.1. The normalized spacial score (nSPS) is 16.7. The van der Waals surface area contributed by atoms with E-state index < -0.39 is 5.60 Å². The Hall–Kier alpha value is -2.97. The van der Waals surface area contributed by atoms with Crippen LogP contribution < -0.4 is 21.3 Å². The molecule has 0 aromatic heterocycles. The van der Waals surface area contributed by atoms with E-state index in [1.165, 1.54) is 0 Å². The van der Waals surface area contributed by atoms with Crippen molar-refractivity contribution in [2.75, 3.05) is 25.0 Å². The van der Waals surface area contributed by atoms with E-state index in [1.807, 2.05) is 65.8 Å². The van der Waals surface area contributed by atoms with Crippen molar-refractivity contribution in [1.82, 2.24) is 20.9 Å². The predicted octanol–water partition coefficient (Wildman–Crippen LogP) is 3.28. The topological polar surface area (TPSA) is 107 Å². The molecular formula is C23H38N6O3. The highest BCUT2D eigenvalue weighted by Crippen LogP contribution is 2.14. The van der Waals surface area contributed by atoms with Gasteiger partial charge >= 0.3 is 12.1 Å². The number of nitrogens with one attached hydrogen (secondary N) is 4. The van der Waals surface area contributed by atoms with Crippen LogP contribution in [-0.2, 0) is 11.3 Å². The Morgan fingerprint density at radius 3 is 2.50 bits per heavy atom. The molecule has 3 amide bonds.